The van der Waals surface area contributed by atoms with Crippen LogP contribution in [0.3, 0.4) is 0 Å². The predicted molar refractivity (Wildman–Crippen MR) is 265 cm³/mol. The molecule has 0 amide bonds. The van der Waals surface area contributed by atoms with Crippen LogP contribution in [0.1, 0.15) is 23.6 Å². The fourth-order valence-corrected chi connectivity index (χ4v) is 11.1. The van der Waals surface area contributed by atoms with Crippen molar-refractivity contribution >= 4 is 31.5 Å². The van der Waals surface area contributed by atoms with E-state index in [1.807, 2.05) is 17.4 Å². The van der Waals surface area contributed by atoms with Crippen LogP contribution in [0.2, 0.25) is 0 Å². The van der Waals surface area contributed by atoms with E-state index in [9.17, 15) is 0 Å². The number of rotatable bonds is 7. The van der Waals surface area contributed by atoms with Crippen LogP contribution in [0, 0.1) is 0 Å². The molecule has 1 aliphatic rings. The van der Waals surface area contributed by atoms with E-state index in [0.717, 1.165) is 44.8 Å². The van der Waals surface area contributed by atoms with Gasteiger partial charge in [-0.3, -0.25) is 0 Å². The monoisotopic (exact) mass is 820 g/mol. The first-order valence-electron chi connectivity index (χ1n) is 21.6. The van der Waals surface area contributed by atoms with Crippen molar-refractivity contribution in [2.45, 2.75) is 12.3 Å². The lowest BCUT2D eigenvalue weighted by Crippen LogP contribution is -2.22. The minimum absolute atomic E-state index is 0.325. The molecule has 0 aliphatic heterocycles. The highest BCUT2D eigenvalue weighted by Crippen LogP contribution is 2.55. The van der Waals surface area contributed by atoms with Crippen molar-refractivity contribution in [3.8, 4) is 78.4 Å². The molecule has 2 nitrogen and oxygen atoms in total. The number of nitrogens with zero attached hydrogens (tertiary/aromatic N) is 2. The highest BCUT2D eigenvalue weighted by Gasteiger charge is 2.41. The average Bonchev–Trinajstić information content (AvgIpc) is 3.88. The first kappa shape index (κ1) is 37.1. The van der Waals surface area contributed by atoms with Gasteiger partial charge in [-0.15, -0.1) is 11.3 Å². The van der Waals surface area contributed by atoms with Gasteiger partial charge in [0.1, 0.15) is 0 Å². The van der Waals surface area contributed by atoms with Crippen LogP contribution in [-0.2, 0) is 5.41 Å². The zero-order chi connectivity index (χ0) is 41.9. The summed E-state index contributed by atoms with van der Waals surface area (Å²) in [7, 11) is 0. The second-order valence-corrected chi connectivity index (χ2v) is 17.7. The molecule has 0 spiro atoms. The van der Waals surface area contributed by atoms with Crippen LogP contribution >= 0.6 is 11.3 Å². The van der Waals surface area contributed by atoms with Crippen LogP contribution in [0.25, 0.3) is 98.6 Å². The summed E-state index contributed by atoms with van der Waals surface area (Å²) < 4.78 is 2.58. The lowest BCUT2D eigenvalue weighted by Gasteiger charge is -2.28. The molecule has 1 atom stereocenters. The van der Waals surface area contributed by atoms with Gasteiger partial charge in [0.15, 0.2) is 5.82 Å². The average molecular weight is 821 g/mol. The summed E-state index contributed by atoms with van der Waals surface area (Å²) in [6.45, 7) is 2.37. The largest absolute Gasteiger partial charge is 0.228 e. The fourth-order valence-electron chi connectivity index (χ4n) is 9.84. The summed E-state index contributed by atoms with van der Waals surface area (Å²) in [6, 6.07) is 81.2. The van der Waals surface area contributed by atoms with Crippen LogP contribution in [0.4, 0.5) is 0 Å². The maximum atomic E-state index is 5.43. The number of thiophene rings is 1. The molecule has 2 heterocycles. The minimum atomic E-state index is -0.325. The number of hydrogen-bond donors (Lipinski definition) is 0. The van der Waals surface area contributed by atoms with Gasteiger partial charge in [-0.1, -0.05) is 194 Å². The first-order chi connectivity index (χ1) is 31.1. The topological polar surface area (TPSA) is 25.8 Å². The maximum Gasteiger partial charge on any atom is 0.160 e. The molecule has 1 unspecified atom stereocenters. The van der Waals surface area contributed by atoms with Crippen molar-refractivity contribution < 1.29 is 0 Å². The van der Waals surface area contributed by atoms with Gasteiger partial charge in [-0.2, -0.15) is 0 Å². The SMILES string of the molecule is CC1(c2ccccc2)c2ccccc2-c2c(-c3cc(-c4cc(-c5ccc(-c6ccccc6)cc5)cc(-c5cccc6c5sc5ccccc56)c4)nc(-c4ccccc4)n3)cccc21. The summed E-state index contributed by atoms with van der Waals surface area (Å²) in [6.07, 6.45) is 0. The molecule has 9 aromatic carbocycles. The van der Waals surface area contributed by atoms with Crippen molar-refractivity contribution in [3.05, 3.63) is 241 Å². The van der Waals surface area contributed by atoms with Gasteiger partial charge in [0.2, 0.25) is 0 Å². The first-order valence-corrected chi connectivity index (χ1v) is 22.4. The smallest absolute Gasteiger partial charge is 0.160 e. The maximum absolute atomic E-state index is 5.43. The second kappa shape index (κ2) is 15.0. The third kappa shape index (κ3) is 6.23. The minimum Gasteiger partial charge on any atom is -0.228 e. The Hall–Kier alpha value is -7.72. The third-order valence-corrected chi connectivity index (χ3v) is 14.2. The van der Waals surface area contributed by atoms with E-state index < -0.39 is 0 Å². The van der Waals surface area contributed by atoms with Crippen molar-refractivity contribution in [3.63, 3.8) is 0 Å². The molecule has 0 bridgehead atoms. The van der Waals surface area contributed by atoms with Gasteiger partial charge in [-0.25, -0.2) is 9.97 Å². The zero-order valence-electron chi connectivity index (χ0n) is 34.7. The van der Waals surface area contributed by atoms with Crippen LogP contribution < -0.4 is 0 Å². The molecular formula is C60H40N2S. The molecule has 0 saturated carbocycles. The highest BCUT2D eigenvalue weighted by atomic mass is 32.1. The van der Waals surface area contributed by atoms with E-state index in [4.69, 9.17) is 9.97 Å². The Bertz CT molecular complexity index is 3500. The Labute approximate surface area is 371 Å². The van der Waals surface area contributed by atoms with E-state index in [-0.39, 0.29) is 5.41 Å². The van der Waals surface area contributed by atoms with Gasteiger partial charge in [-0.05, 0) is 98.5 Å². The van der Waals surface area contributed by atoms with E-state index in [1.165, 1.54) is 64.7 Å². The molecule has 0 fully saturated rings. The second-order valence-electron chi connectivity index (χ2n) is 16.6. The van der Waals surface area contributed by atoms with Gasteiger partial charge >= 0.3 is 0 Å². The quantitative estimate of drug-likeness (QED) is 0.160. The van der Waals surface area contributed by atoms with Gasteiger partial charge in [0.05, 0.1) is 11.4 Å². The normalized spacial score (nSPS) is 14.2. The number of benzene rings is 9. The molecule has 63 heavy (non-hydrogen) atoms. The Balaban J connectivity index is 1.09. The Morgan fingerprint density at radius 2 is 0.905 bits per heavy atom. The summed E-state index contributed by atoms with van der Waals surface area (Å²) in [4.78, 5) is 10.9. The Morgan fingerprint density at radius 3 is 1.70 bits per heavy atom. The fraction of sp³-hybridized carbons (Fsp3) is 0.0333. The molecule has 296 valence electrons. The lowest BCUT2D eigenvalue weighted by molar-refractivity contribution is 0.714. The highest BCUT2D eigenvalue weighted by molar-refractivity contribution is 7.26. The zero-order valence-corrected chi connectivity index (χ0v) is 35.5. The van der Waals surface area contributed by atoms with E-state index in [2.05, 4.69) is 225 Å². The number of fused-ring (bicyclic) bond motifs is 6. The van der Waals surface area contributed by atoms with Crippen LogP contribution in [0.15, 0.2) is 224 Å². The van der Waals surface area contributed by atoms with Crippen molar-refractivity contribution in [1.29, 1.82) is 0 Å². The molecule has 1 aliphatic carbocycles. The van der Waals surface area contributed by atoms with E-state index in [0.29, 0.717) is 5.82 Å². The molecule has 3 heteroatoms. The molecule has 11 aromatic rings. The summed E-state index contributed by atoms with van der Waals surface area (Å²) in [5, 5.41) is 2.57. The summed E-state index contributed by atoms with van der Waals surface area (Å²) >= 11 is 1.86. The molecule has 0 saturated heterocycles. The summed E-state index contributed by atoms with van der Waals surface area (Å²) in [5.41, 5.74) is 18.0. The van der Waals surface area contributed by atoms with Gasteiger partial charge in [0, 0.05) is 42.3 Å². The molecule has 0 N–H and O–H groups in total. The number of aromatic nitrogens is 2. The predicted octanol–water partition coefficient (Wildman–Crippen LogP) is 16.2. The number of hydrogen-bond acceptors (Lipinski definition) is 3. The Morgan fingerprint density at radius 1 is 0.365 bits per heavy atom. The van der Waals surface area contributed by atoms with E-state index in [1.54, 1.807) is 0 Å². The van der Waals surface area contributed by atoms with Crippen molar-refractivity contribution in [2.75, 3.05) is 0 Å². The molecule has 2 aromatic heterocycles. The van der Waals surface area contributed by atoms with Crippen LogP contribution in [0.5, 0.6) is 0 Å². The molecule has 0 radical (unpaired) electrons. The molecular weight excluding hydrogens is 781 g/mol. The summed E-state index contributed by atoms with van der Waals surface area (Å²) in [5.74, 6) is 0.698. The standard InChI is InChI=1S/C60H40N2S/c1-60(46-21-9-4-10-22-46)52-28-13-11-24-50(52)57-51(27-16-29-53(57)60)55-38-54(61-59(62-55)42-19-7-3-8-20-42)45-36-43(41-33-31-40(32-34-41)39-17-5-2-6-18-39)35-44(37-45)47-25-15-26-49-48-23-12-14-30-56(48)63-58(47)49/h2-38H,1H3. The third-order valence-electron chi connectivity index (χ3n) is 13.0. The van der Waals surface area contributed by atoms with E-state index >= 15 is 0 Å². The van der Waals surface area contributed by atoms with Crippen molar-refractivity contribution in [2.24, 2.45) is 0 Å². The Kier molecular flexibility index (Phi) is 8.84. The molecule has 12 rings (SSSR count). The van der Waals surface area contributed by atoms with Crippen molar-refractivity contribution in [1.82, 2.24) is 9.97 Å². The van der Waals surface area contributed by atoms with Gasteiger partial charge in [0.25, 0.3) is 0 Å². The van der Waals surface area contributed by atoms with Gasteiger partial charge < -0.3 is 0 Å². The lowest BCUT2D eigenvalue weighted by atomic mass is 9.74. The van der Waals surface area contributed by atoms with Crippen LogP contribution in [-0.4, -0.2) is 9.97 Å².